The number of rotatable bonds is 2. The van der Waals surface area contributed by atoms with E-state index in [1.165, 1.54) is 0 Å². The molecule has 0 saturated carbocycles. The summed E-state index contributed by atoms with van der Waals surface area (Å²) in [5, 5.41) is 3.25. The molecule has 1 heterocycles. The lowest BCUT2D eigenvalue weighted by atomic mass is 10.0. The number of para-hydroxylation sites is 2. The van der Waals surface area contributed by atoms with Crippen molar-refractivity contribution in [3.8, 4) is 5.75 Å². The first kappa shape index (κ1) is 12.7. The van der Waals surface area contributed by atoms with Gasteiger partial charge in [-0.1, -0.05) is 29.3 Å². The van der Waals surface area contributed by atoms with Crippen molar-refractivity contribution in [2.75, 3.05) is 11.9 Å². The van der Waals surface area contributed by atoms with Crippen LogP contribution in [0.15, 0.2) is 42.5 Å². The molecule has 3 nitrogen and oxygen atoms in total. The zero-order valence-corrected chi connectivity index (χ0v) is 11.6. The van der Waals surface area contributed by atoms with Gasteiger partial charge >= 0.3 is 0 Å². The van der Waals surface area contributed by atoms with Crippen LogP contribution in [0.25, 0.3) is 0 Å². The van der Waals surface area contributed by atoms with Crippen LogP contribution in [-0.4, -0.2) is 18.4 Å². The standard InChI is InChI=1S/C17H17NO2/c1-11-7-12(2)9-13(8-11)17(19)16-10-18-14-5-3-4-6-15(14)20-16/h3-9,16,18H,10H2,1-2H3. The minimum atomic E-state index is -0.467. The van der Waals surface area contributed by atoms with Crippen LogP contribution in [0, 0.1) is 13.8 Å². The predicted molar refractivity (Wildman–Crippen MR) is 79.6 cm³/mol. The number of anilines is 1. The van der Waals surface area contributed by atoms with Crippen LogP contribution < -0.4 is 10.1 Å². The van der Waals surface area contributed by atoms with Crippen LogP contribution in [0.4, 0.5) is 5.69 Å². The lowest BCUT2D eigenvalue weighted by Gasteiger charge is -2.26. The van der Waals surface area contributed by atoms with Crippen molar-refractivity contribution in [1.29, 1.82) is 0 Å². The molecule has 1 aliphatic rings. The summed E-state index contributed by atoms with van der Waals surface area (Å²) in [4.78, 5) is 12.5. The van der Waals surface area contributed by atoms with Gasteiger partial charge in [0.05, 0.1) is 12.2 Å². The van der Waals surface area contributed by atoms with E-state index in [9.17, 15) is 4.79 Å². The molecular formula is C17H17NO2. The Morgan fingerprint density at radius 3 is 2.60 bits per heavy atom. The topological polar surface area (TPSA) is 38.3 Å². The van der Waals surface area contributed by atoms with Gasteiger partial charge in [-0.3, -0.25) is 4.79 Å². The van der Waals surface area contributed by atoms with Crippen LogP contribution >= 0.6 is 0 Å². The van der Waals surface area contributed by atoms with Crippen molar-refractivity contribution >= 4 is 11.5 Å². The lowest BCUT2D eigenvalue weighted by molar-refractivity contribution is 0.0801. The van der Waals surface area contributed by atoms with Crippen LogP contribution in [0.5, 0.6) is 5.75 Å². The Labute approximate surface area is 118 Å². The monoisotopic (exact) mass is 267 g/mol. The van der Waals surface area contributed by atoms with Gasteiger partial charge in [0.1, 0.15) is 5.75 Å². The number of fused-ring (bicyclic) bond motifs is 1. The van der Waals surface area contributed by atoms with E-state index in [-0.39, 0.29) is 5.78 Å². The quantitative estimate of drug-likeness (QED) is 0.848. The van der Waals surface area contributed by atoms with Gasteiger partial charge in [-0.05, 0) is 38.1 Å². The maximum atomic E-state index is 12.5. The van der Waals surface area contributed by atoms with Crippen molar-refractivity contribution in [3.05, 3.63) is 59.2 Å². The minimum Gasteiger partial charge on any atom is -0.478 e. The molecule has 1 unspecified atom stereocenters. The van der Waals surface area contributed by atoms with E-state index in [0.717, 1.165) is 22.6 Å². The van der Waals surface area contributed by atoms with E-state index in [0.29, 0.717) is 12.1 Å². The average molecular weight is 267 g/mol. The van der Waals surface area contributed by atoms with Gasteiger partial charge in [0.2, 0.25) is 5.78 Å². The Hall–Kier alpha value is -2.29. The molecule has 0 amide bonds. The first-order valence-electron chi connectivity index (χ1n) is 6.75. The second-order valence-corrected chi connectivity index (χ2v) is 5.22. The molecule has 0 saturated heterocycles. The average Bonchev–Trinajstić information content (AvgIpc) is 2.45. The van der Waals surface area contributed by atoms with E-state index in [4.69, 9.17) is 4.74 Å². The molecule has 0 radical (unpaired) electrons. The highest BCUT2D eigenvalue weighted by molar-refractivity contribution is 6.00. The SMILES string of the molecule is Cc1cc(C)cc(C(=O)C2CNc3ccccc3O2)c1. The maximum Gasteiger partial charge on any atom is 0.205 e. The Balaban J connectivity index is 1.86. The highest BCUT2D eigenvalue weighted by Gasteiger charge is 2.26. The number of benzene rings is 2. The van der Waals surface area contributed by atoms with Crippen molar-refractivity contribution in [2.45, 2.75) is 20.0 Å². The van der Waals surface area contributed by atoms with Crippen LogP contribution in [0.2, 0.25) is 0 Å². The highest BCUT2D eigenvalue weighted by Crippen LogP contribution is 2.29. The third kappa shape index (κ3) is 2.39. The Morgan fingerprint density at radius 1 is 1.15 bits per heavy atom. The molecule has 2 aromatic rings. The van der Waals surface area contributed by atoms with Crippen LogP contribution in [0.1, 0.15) is 21.5 Å². The number of hydrogen-bond donors (Lipinski definition) is 1. The number of carbonyl (C=O) groups excluding carboxylic acids is 1. The fraction of sp³-hybridized carbons (Fsp3) is 0.235. The van der Waals surface area contributed by atoms with Gasteiger partial charge in [0, 0.05) is 5.56 Å². The zero-order chi connectivity index (χ0) is 14.1. The van der Waals surface area contributed by atoms with Gasteiger partial charge in [0.25, 0.3) is 0 Å². The highest BCUT2D eigenvalue weighted by atomic mass is 16.5. The normalized spacial score (nSPS) is 16.8. The number of ketones is 1. The van der Waals surface area contributed by atoms with Gasteiger partial charge in [0.15, 0.2) is 6.10 Å². The smallest absolute Gasteiger partial charge is 0.205 e. The summed E-state index contributed by atoms with van der Waals surface area (Å²) in [5.41, 5.74) is 3.85. The molecule has 0 bridgehead atoms. The molecule has 0 aliphatic carbocycles. The lowest BCUT2D eigenvalue weighted by Crippen LogP contribution is -2.37. The van der Waals surface area contributed by atoms with Crippen molar-refractivity contribution in [3.63, 3.8) is 0 Å². The number of nitrogens with one attached hydrogen (secondary N) is 1. The number of carbonyl (C=O) groups is 1. The van der Waals surface area contributed by atoms with E-state index in [2.05, 4.69) is 11.4 Å². The third-order valence-corrected chi connectivity index (χ3v) is 3.43. The number of Topliss-reactive ketones (excluding diaryl/α,β-unsaturated/α-hetero) is 1. The van der Waals surface area contributed by atoms with Gasteiger partial charge in [-0.15, -0.1) is 0 Å². The van der Waals surface area contributed by atoms with Crippen molar-refractivity contribution in [1.82, 2.24) is 0 Å². The minimum absolute atomic E-state index is 0.0267. The summed E-state index contributed by atoms with van der Waals surface area (Å²) in [6.45, 7) is 4.50. The summed E-state index contributed by atoms with van der Waals surface area (Å²) < 4.78 is 5.82. The van der Waals surface area contributed by atoms with Crippen molar-refractivity contribution in [2.24, 2.45) is 0 Å². The molecule has 3 rings (SSSR count). The fourth-order valence-corrected chi connectivity index (χ4v) is 2.56. The second-order valence-electron chi connectivity index (χ2n) is 5.22. The molecule has 1 N–H and O–H groups in total. The molecule has 20 heavy (non-hydrogen) atoms. The summed E-state index contributed by atoms with van der Waals surface area (Å²) >= 11 is 0. The predicted octanol–water partition coefficient (Wildman–Crippen LogP) is 3.36. The number of ether oxygens (including phenoxy) is 1. The van der Waals surface area contributed by atoms with E-state index >= 15 is 0 Å². The molecule has 3 heteroatoms. The largest absolute Gasteiger partial charge is 0.478 e. The molecule has 0 spiro atoms. The van der Waals surface area contributed by atoms with E-state index in [1.807, 2.05) is 50.2 Å². The number of hydrogen-bond acceptors (Lipinski definition) is 3. The second kappa shape index (κ2) is 5.00. The number of aryl methyl sites for hydroxylation is 2. The molecule has 102 valence electrons. The molecule has 0 aromatic heterocycles. The Bertz CT molecular complexity index is 644. The van der Waals surface area contributed by atoms with Gasteiger partial charge in [-0.25, -0.2) is 0 Å². The molecular weight excluding hydrogens is 250 g/mol. The maximum absolute atomic E-state index is 12.5. The van der Waals surface area contributed by atoms with Crippen molar-refractivity contribution < 1.29 is 9.53 Å². The summed E-state index contributed by atoms with van der Waals surface area (Å²) in [6, 6.07) is 13.6. The third-order valence-electron chi connectivity index (χ3n) is 3.43. The van der Waals surface area contributed by atoms with E-state index in [1.54, 1.807) is 0 Å². The molecule has 1 atom stereocenters. The van der Waals surface area contributed by atoms with E-state index < -0.39 is 6.10 Å². The fourth-order valence-electron chi connectivity index (χ4n) is 2.56. The summed E-state index contributed by atoms with van der Waals surface area (Å²) in [6.07, 6.45) is -0.467. The van der Waals surface area contributed by atoms with Gasteiger partial charge < -0.3 is 10.1 Å². The Kier molecular flexibility index (Phi) is 3.18. The summed E-state index contributed by atoms with van der Waals surface area (Å²) in [5.74, 6) is 0.764. The van der Waals surface area contributed by atoms with Crippen LogP contribution in [-0.2, 0) is 0 Å². The first-order chi connectivity index (χ1) is 9.63. The van der Waals surface area contributed by atoms with Crippen LogP contribution in [0.3, 0.4) is 0 Å². The zero-order valence-electron chi connectivity index (χ0n) is 11.6. The molecule has 1 aliphatic heterocycles. The molecule has 2 aromatic carbocycles. The summed E-state index contributed by atoms with van der Waals surface area (Å²) in [7, 11) is 0. The van der Waals surface area contributed by atoms with Gasteiger partial charge in [-0.2, -0.15) is 0 Å². The Morgan fingerprint density at radius 2 is 1.85 bits per heavy atom. The molecule has 0 fully saturated rings. The first-order valence-corrected chi connectivity index (χ1v) is 6.75.